The van der Waals surface area contributed by atoms with Crippen LogP contribution in [0.1, 0.15) is 15.9 Å². The lowest BCUT2D eigenvalue weighted by Gasteiger charge is -2.15. The second-order valence-corrected chi connectivity index (χ2v) is 4.52. The maximum Gasteiger partial charge on any atom is 0.248 e. The van der Waals surface area contributed by atoms with Crippen LogP contribution in [-0.2, 0) is 16.0 Å². The number of hydrogen-bond donors (Lipinski definition) is 2. The van der Waals surface area contributed by atoms with Gasteiger partial charge in [-0.15, -0.1) is 0 Å². The Morgan fingerprint density at radius 3 is 2.74 bits per heavy atom. The van der Waals surface area contributed by atoms with Gasteiger partial charge in [0.25, 0.3) is 0 Å². The Labute approximate surface area is 118 Å². The van der Waals surface area contributed by atoms with Crippen LogP contribution in [0.2, 0.25) is 5.02 Å². The number of ether oxygens (including phenoxy) is 2. The smallest absolute Gasteiger partial charge is 0.248 e. The van der Waals surface area contributed by atoms with E-state index in [0.717, 1.165) is 5.56 Å². The molecule has 0 aromatic heterocycles. The van der Waals surface area contributed by atoms with E-state index < -0.39 is 5.91 Å². The maximum absolute atomic E-state index is 11.0. The largest absolute Gasteiger partial charge is 0.382 e. The fourth-order valence-corrected chi connectivity index (χ4v) is 1.86. The van der Waals surface area contributed by atoms with Crippen molar-refractivity contribution in [2.45, 2.75) is 12.6 Å². The fraction of sp³-hybridized carbons (Fsp3) is 0.462. The lowest BCUT2D eigenvalue weighted by Crippen LogP contribution is -2.31. The summed E-state index contributed by atoms with van der Waals surface area (Å²) in [7, 11) is 3.27. The minimum absolute atomic E-state index is 0.00586. The Kier molecular flexibility index (Phi) is 6.80. The number of nitrogens with two attached hydrogens (primary N) is 1. The van der Waals surface area contributed by atoms with Crippen LogP contribution >= 0.6 is 11.6 Å². The summed E-state index contributed by atoms with van der Waals surface area (Å²) in [4.78, 5) is 11.0. The van der Waals surface area contributed by atoms with Gasteiger partial charge >= 0.3 is 0 Å². The minimum atomic E-state index is -0.485. The molecule has 6 heteroatoms. The molecule has 0 spiro atoms. The maximum atomic E-state index is 11.0. The molecule has 1 aromatic rings. The molecule has 0 aliphatic rings. The summed E-state index contributed by atoms with van der Waals surface area (Å²) in [6.07, 6.45) is -0.00586. The molecular weight excluding hydrogens is 268 g/mol. The zero-order valence-corrected chi connectivity index (χ0v) is 11.9. The van der Waals surface area contributed by atoms with Crippen LogP contribution in [0.25, 0.3) is 0 Å². The van der Waals surface area contributed by atoms with Gasteiger partial charge in [-0.2, -0.15) is 0 Å². The quantitative estimate of drug-likeness (QED) is 0.753. The van der Waals surface area contributed by atoms with E-state index in [1.54, 1.807) is 32.4 Å². The van der Waals surface area contributed by atoms with Crippen molar-refractivity contribution in [3.8, 4) is 0 Å². The van der Waals surface area contributed by atoms with E-state index in [9.17, 15) is 4.79 Å². The highest BCUT2D eigenvalue weighted by Crippen LogP contribution is 2.17. The van der Waals surface area contributed by atoms with Gasteiger partial charge in [-0.3, -0.25) is 4.79 Å². The first kappa shape index (κ1) is 15.9. The third-order valence-electron chi connectivity index (χ3n) is 2.71. The summed E-state index contributed by atoms with van der Waals surface area (Å²) < 4.78 is 10.2. The number of methoxy groups -OCH3 is 2. The minimum Gasteiger partial charge on any atom is -0.382 e. The number of rotatable bonds is 8. The molecule has 1 amide bonds. The molecule has 0 heterocycles. The summed E-state index contributed by atoms with van der Waals surface area (Å²) in [5.74, 6) is -0.485. The van der Waals surface area contributed by atoms with E-state index in [1.165, 1.54) is 0 Å². The number of halogens is 1. The van der Waals surface area contributed by atoms with Gasteiger partial charge in [-0.1, -0.05) is 17.7 Å². The highest BCUT2D eigenvalue weighted by molar-refractivity contribution is 6.31. The summed E-state index contributed by atoms with van der Waals surface area (Å²) in [5.41, 5.74) is 6.49. The highest BCUT2D eigenvalue weighted by atomic mass is 35.5. The van der Waals surface area contributed by atoms with Gasteiger partial charge in [0.15, 0.2) is 0 Å². The van der Waals surface area contributed by atoms with Gasteiger partial charge in [0.2, 0.25) is 5.91 Å². The second-order valence-electron chi connectivity index (χ2n) is 4.11. The molecule has 1 aromatic carbocycles. The van der Waals surface area contributed by atoms with Gasteiger partial charge in [0.1, 0.15) is 0 Å². The van der Waals surface area contributed by atoms with Crippen molar-refractivity contribution in [1.82, 2.24) is 5.32 Å². The number of carbonyl (C=O) groups excluding carboxylic acids is 1. The first-order chi connectivity index (χ1) is 9.08. The van der Waals surface area contributed by atoms with Crippen molar-refractivity contribution in [3.63, 3.8) is 0 Å². The van der Waals surface area contributed by atoms with Crippen molar-refractivity contribution in [3.05, 3.63) is 34.3 Å². The topological polar surface area (TPSA) is 73.6 Å². The number of nitrogens with one attached hydrogen (secondary N) is 1. The molecule has 106 valence electrons. The Bertz CT molecular complexity index is 426. The summed E-state index contributed by atoms with van der Waals surface area (Å²) >= 11 is 6.08. The van der Waals surface area contributed by atoms with E-state index in [1.807, 2.05) is 0 Å². The third kappa shape index (κ3) is 5.16. The summed E-state index contributed by atoms with van der Waals surface area (Å²) in [6.45, 7) is 1.76. The molecule has 1 rings (SSSR count). The summed E-state index contributed by atoms with van der Waals surface area (Å²) in [6, 6.07) is 5.02. The van der Waals surface area contributed by atoms with E-state index in [2.05, 4.69) is 5.32 Å². The van der Waals surface area contributed by atoms with Crippen molar-refractivity contribution in [2.24, 2.45) is 5.73 Å². The molecule has 1 unspecified atom stereocenters. The molecule has 0 radical (unpaired) electrons. The SMILES string of the molecule is COCC(CNCc1ccc(C(N)=O)cc1Cl)OC. The molecule has 0 aliphatic heterocycles. The molecule has 3 N–H and O–H groups in total. The van der Waals surface area contributed by atoms with Crippen molar-refractivity contribution in [2.75, 3.05) is 27.4 Å². The van der Waals surface area contributed by atoms with Crippen molar-refractivity contribution in [1.29, 1.82) is 0 Å². The molecular formula is C13H19ClN2O3. The second kappa shape index (κ2) is 8.12. The normalized spacial score (nSPS) is 12.4. The predicted molar refractivity (Wildman–Crippen MR) is 74.3 cm³/mol. The van der Waals surface area contributed by atoms with Crippen molar-refractivity contribution < 1.29 is 14.3 Å². The third-order valence-corrected chi connectivity index (χ3v) is 3.06. The van der Waals surface area contributed by atoms with Crippen LogP contribution in [0.5, 0.6) is 0 Å². The van der Waals surface area contributed by atoms with Crippen LogP contribution in [-0.4, -0.2) is 39.4 Å². The fourth-order valence-electron chi connectivity index (χ4n) is 1.61. The molecule has 0 saturated heterocycles. The molecule has 0 fully saturated rings. The van der Waals surface area contributed by atoms with Gasteiger partial charge in [-0.05, 0) is 17.7 Å². The van der Waals surface area contributed by atoms with E-state index in [0.29, 0.717) is 30.3 Å². The van der Waals surface area contributed by atoms with Gasteiger partial charge < -0.3 is 20.5 Å². The first-order valence-corrected chi connectivity index (χ1v) is 6.27. The number of benzene rings is 1. The molecule has 19 heavy (non-hydrogen) atoms. The number of hydrogen-bond acceptors (Lipinski definition) is 4. The van der Waals surface area contributed by atoms with Crippen LogP contribution in [0.15, 0.2) is 18.2 Å². The van der Waals surface area contributed by atoms with Crippen LogP contribution < -0.4 is 11.1 Å². The Morgan fingerprint density at radius 1 is 1.47 bits per heavy atom. The Morgan fingerprint density at radius 2 is 2.21 bits per heavy atom. The van der Waals surface area contributed by atoms with Crippen LogP contribution in [0.4, 0.5) is 0 Å². The Hall–Kier alpha value is -1.14. The molecule has 0 bridgehead atoms. The predicted octanol–water partition coefficient (Wildman–Crippen LogP) is 1.19. The van der Waals surface area contributed by atoms with Gasteiger partial charge in [0, 0.05) is 37.9 Å². The monoisotopic (exact) mass is 286 g/mol. The average molecular weight is 287 g/mol. The number of primary amides is 1. The number of amides is 1. The zero-order chi connectivity index (χ0) is 14.3. The molecule has 5 nitrogen and oxygen atoms in total. The van der Waals surface area contributed by atoms with Gasteiger partial charge in [0.05, 0.1) is 12.7 Å². The van der Waals surface area contributed by atoms with E-state index in [4.69, 9.17) is 26.8 Å². The van der Waals surface area contributed by atoms with E-state index >= 15 is 0 Å². The van der Waals surface area contributed by atoms with Crippen LogP contribution in [0, 0.1) is 0 Å². The lowest BCUT2D eigenvalue weighted by atomic mass is 10.1. The number of carbonyl (C=O) groups is 1. The molecule has 1 atom stereocenters. The zero-order valence-electron chi connectivity index (χ0n) is 11.1. The van der Waals surface area contributed by atoms with Crippen molar-refractivity contribution >= 4 is 17.5 Å². The molecule has 0 saturated carbocycles. The summed E-state index contributed by atoms with van der Waals surface area (Å²) in [5, 5.41) is 3.74. The average Bonchev–Trinajstić information content (AvgIpc) is 2.39. The van der Waals surface area contributed by atoms with E-state index in [-0.39, 0.29) is 6.10 Å². The van der Waals surface area contributed by atoms with Crippen LogP contribution in [0.3, 0.4) is 0 Å². The first-order valence-electron chi connectivity index (χ1n) is 5.89. The highest BCUT2D eigenvalue weighted by Gasteiger charge is 2.08. The lowest BCUT2D eigenvalue weighted by molar-refractivity contribution is 0.0288. The van der Waals surface area contributed by atoms with Gasteiger partial charge in [-0.25, -0.2) is 0 Å². The molecule has 0 aliphatic carbocycles. The Balaban J connectivity index is 2.51. The standard InChI is InChI=1S/C13H19ClN2O3/c1-18-8-11(19-2)7-16-6-10-4-3-9(13(15)17)5-12(10)14/h3-5,11,16H,6-8H2,1-2H3,(H2,15,17).